The molecule has 2 rings (SSSR count). The lowest BCUT2D eigenvalue weighted by atomic mass is 10.1. The molecule has 0 radical (unpaired) electrons. The first kappa shape index (κ1) is 15.6. The summed E-state index contributed by atoms with van der Waals surface area (Å²) in [5, 5.41) is 0.515. The van der Waals surface area contributed by atoms with E-state index in [-0.39, 0.29) is 6.04 Å². The number of hydrogen-bond acceptors (Lipinski definition) is 4. The number of halogens is 1. The predicted octanol–water partition coefficient (Wildman–Crippen LogP) is 3.21. The van der Waals surface area contributed by atoms with Crippen LogP contribution in [-0.2, 0) is 13.0 Å². The summed E-state index contributed by atoms with van der Waals surface area (Å²) in [7, 11) is 1.59. The van der Waals surface area contributed by atoms with E-state index < -0.39 is 0 Å². The van der Waals surface area contributed by atoms with E-state index in [0.717, 1.165) is 17.7 Å². The number of pyridine rings is 1. The first-order chi connectivity index (χ1) is 10.1. The summed E-state index contributed by atoms with van der Waals surface area (Å²) in [6.07, 6.45) is 2.46. The van der Waals surface area contributed by atoms with Crippen LogP contribution < -0.4 is 15.2 Å². The molecule has 0 aliphatic heterocycles. The van der Waals surface area contributed by atoms with Crippen LogP contribution in [0.15, 0.2) is 36.5 Å². The van der Waals surface area contributed by atoms with Crippen molar-refractivity contribution in [2.45, 2.75) is 26.0 Å². The highest BCUT2D eigenvalue weighted by molar-refractivity contribution is 6.32. The quantitative estimate of drug-likeness (QED) is 0.890. The van der Waals surface area contributed by atoms with Gasteiger partial charge in [0.1, 0.15) is 6.61 Å². The fourth-order valence-corrected chi connectivity index (χ4v) is 2.32. The van der Waals surface area contributed by atoms with Gasteiger partial charge in [0.15, 0.2) is 11.5 Å². The lowest BCUT2D eigenvalue weighted by Crippen LogP contribution is -2.17. The van der Waals surface area contributed by atoms with Gasteiger partial charge in [-0.25, -0.2) is 0 Å². The van der Waals surface area contributed by atoms with Crippen molar-refractivity contribution >= 4 is 11.6 Å². The zero-order valence-electron chi connectivity index (χ0n) is 12.2. The van der Waals surface area contributed by atoms with Crippen molar-refractivity contribution in [3.63, 3.8) is 0 Å². The molecular weight excluding hydrogens is 288 g/mol. The van der Waals surface area contributed by atoms with Gasteiger partial charge in [-0.05, 0) is 43.2 Å². The van der Waals surface area contributed by atoms with Gasteiger partial charge in [0.05, 0.1) is 17.8 Å². The minimum Gasteiger partial charge on any atom is -0.493 e. The zero-order valence-corrected chi connectivity index (χ0v) is 12.9. The van der Waals surface area contributed by atoms with Crippen LogP contribution in [0.1, 0.15) is 18.2 Å². The zero-order chi connectivity index (χ0) is 15.2. The van der Waals surface area contributed by atoms with Crippen molar-refractivity contribution in [2.24, 2.45) is 5.73 Å². The molecule has 1 aromatic heterocycles. The van der Waals surface area contributed by atoms with Crippen molar-refractivity contribution in [1.29, 1.82) is 0 Å². The van der Waals surface area contributed by atoms with Gasteiger partial charge in [0.2, 0.25) is 0 Å². The maximum Gasteiger partial charge on any atom is 0.180 e. The van der Waals surface area contributed by atoms with Crippen molar-refractivity contribution in [2.75, 3.05) is 7.11 Å². The van der Waals surface area contributed by atoms with E-state index in [2.05, 4.69) is 4.98 Å². The maximum atomic E-state index is 6.30. The van der Waals surface area contributed by atoms with Crippen LogP contribution in [0.2, 0.25) is 5.02 Å². The average Bonchev–Trinajstić information content (AvgIpc) is 2.46. The number of aromatic nitrogens is 1. The third kappa shape index (κ3) is 4.34. The molecule has 0 bridgehead atoms. The third-order valence-corrected chi connectivity index (χ3v) is 3.22. The first-order valence-electron chi connectivity index (χ1n) is 6.75. The van der Waals surface area contributed by atoms with Crippen LogP contribution in [0, 0.1) is 0 Å². The molecule has 112 valence electrons. The molecule has 0 spiro atoms. The molecule has 0 amide bonds. The number of nitrogens with zero attached hydrogens (tertiary/aromatic N) is 1. The Morgan fingerprint density at radius 3 is 2.76 bits per heavy atom. The van der Waals surface area contributed by atoms with Gasteiger partial charge < -0.3 is 15.2 Å². The van der Waals surface area contributed by atoms with Gasteiger partial charge in [-0.2, -0.15) is 0 Å². The van der Waals surface area contributed by atoms with E-state index in [1.165, 1.54) is 0 Å². The van der Waals surface area contributed by atoms with E-state index in [1.54, 1.807) is 13.3 Å². The molecule has 1 heterocycles. The van der Waals surface area contributed by atoms with Crippen molar-refractivity contribution < 1.29 is 9.47 Å². The van der Waals surface area contributed by atoms with Crippen LogP contribution in [-0.4, -0.2) is 18.1 Å². The number of methoxy groups -OCH3 is 1. The Morgan fingerprint density at radius 1 is 1.33 bits per heavy atom. The lowest BCUT2D eigenvalue weighted by molar-refractivity contribution is 0.280. The maximum absolute atomic E-state index is 6.30. The number of rotatable bonds is 6. The molecule has 0 saturated carbocycles. The van der Waals surface area contributed by atoms with Gasteiger partial charge in [-0.3, -0.25) is 4.98 Å². The van der Waals surface area contributed by atoms with E-state index in [1.807, 2.05) is 37.3 Å². The van der Waals surface area contributed by atoms with Gasteiger partial charge in [-0.1, -0.05) is 17.7 Å². The molecule has 4 nitrogen and oxygen atoms in total. The molecule has 21 heavy (non-hydrogen) atoms. The standard InChI is InChI=1S/C16H19ClN2O2/c1-11(18)7-12-8-14(17)16(15(9-12)20-2)21-10-13-5-3-4-6-19-13/h3-6,8-9,11H,7,10,18H2,1-2H3. The van der Waals surface area contributed by atoms with Crippen LogP contribution in [0.4, 0.5) is 0 Å². The molecule has 1 aromatic carbocycles. The van der Waals surface area contributed by atoms with Gasteiger partial charge >= 0.3 is 0 Å². The van der Waals surface area contributed by atoms with E-state index in [4.69, 9.17) is 26.8 Å². The van der Waals surface area contributed by atoms with Gasteiger partial charge in [-0.15, -0.1) is 0 Å². The summed E-state index contributed by atoms with van der Waals surface area (Å²) in [6, 6.07) is 9.50. The monoisotopic (exact) mass is 306 g/mol. The number of benzene rings is 1. The number of nitrogens with two attached hydrogens (primary N) is 1. The van der Waals surface area contributed by atoms with E-state index >= 15 is 0 Å². The van der Waals surface area contributed by atoms with E-state index in [0.29, 0.717) is 23.1 Å². The molecule has 0 saturated heterocycles. The molecule has 1 atom stereocenters. The summed E-state index contributed by atoms with van der Waals surface area (Å²) >= 11 is 6.30. The van der Waals surface area contributed by atoms with Crippen molar-refractivity contribution in [3.05, 3.63) is 52.8 Å². The minimum atomic E-state index is 0.0612. The topological polar surface area (TPSA) is 57.4 Å². The summed E-state index contributed by atoms with van der Waals surface area (Å²) < 4.78 is 11.1. The SMILES string of the molecule is COc1cc(CC(C)N)cc(Cl)c1OCc1ccccn1. The van der Waals surface area contributed by atoms with Crippen LogP contribution >= 0.6 is 11.6 Å². The summed E-state index contributed by atoms with van der Waals surface area (Å²) in [5.41, 5.74) is 7.67. The average molecular weight is 307 g/mol. The lowest BCUT2D eigenvalue weighted by Gasteiger charge is -2.15. The molecule has 0 aliphatic carbocycles. The van der Waals surface area contributed by atoms with Gasteiger partial charge in [0, 0.05) is 12.2 Å². The minimum absolute atomic E-state index is 0.0612. The Hall–Kier alpha value is -1.78. The van der Waals surface area contributed by atoms with Crippen LogP contribution in [0.25, 0.3) is 0 Å². The number of hydrogen-bond donors (Lipinski definition) is 1. The van der Waals surface area contributed by atoms with Crippen LogP contribution in [0.5, 0.6) is 11.5 Å². The smallest absolute Gasteiger partial charge is 0.180 e. The summed E-state index contributed by atoms with van der Waals surface area (Å²) in [6.45, 7) is 2.29. The van der Waals surface area contributed by atoms with E-state index in [9.17, 15) is 0 Å². The highest BCUT2D eigenvalue weighted by Crippen LogP contribution is 2.37. The summed E-state index contributed by atoms with van der Waals surface area (Å²) in [5.74, 6) is 1.13. The summed E-state index contributed by atoms with van der Waals surface area (Å²) in [4.78, 5) is 4.21. The molecule has 1 unspecified atom stereocenters. The Balaban J connectivity index is 2.18. The molecule has 2 aromatic rings. The molecule has 0 aliphatic rings. The Bertz CT molecular complexity index is 588. The second kappa shape index (κ2) is 7.29. The van der Waals surface area contributed by atoms with Gasteiger partial charge in [0.25, 0.3) is 0 Å². The number of ether oxygens (including phenoxy) is 2. The highest BCUT2D eigenvalue weighted by atomic mass is 35.5. The predicted molar refractivity (Wildman–Crippen MR) is 83.9 cm³/mol. The molecule has 0 fully saturated rings. The van der Waals surface area contributed by atoms with Crippen molar-refractivity contribution in [1.82, 2.24) is 4.98 Å². The van der Waals surface area contributed by atoms with Crippen LogP contribution in [0.3, 0.4) is 0 Å². The molecular formula is C16H19ClN2O2. The highest BCUT2D eigenvalue weighted by Gasteiger charge is 2.13. The second-order valence-electron chi connectivity index (χ2n) is 4.90. The Kier molecular flexibility index (Phi) is 5.42. The Labute approximate surface area is 129 Å². The second-order valence-corrected chi connectivity index (χ2v) is 5.31. The van der Waals surface area contributed by atoms with Crippen molar-refractivity contribution in [3.8, 4) is 11.5 Å². The third-order valence-electron chi connectivity index (χ3n) is 2.94. The molecule has 2 N–H and O–H groups in total. The largest absolute Gasteiger partial charge is 0.493 e. The Morgan fingerprint density at radius 2 is 2.14 bits per heavy atom. The first-order valence-corrected chi connectivity index (χ1v) is 7.12. The molecule has 5 heteroatoms. The normalized spacial score (nSPS) is 12.0. The fraction of sp³-hybridized carbons (Fsp3) is 0.312. The fourth-order valence-electron chi connectivity index (χ4n) is 2.03.